The Balaban J connectivity index is 1.95. The van der Waals surface area contributed by atoms with Gasteiger partial charge in [0.25, 0.3) is 0 Å². The lowest BCUT2D eigenvalue weighted by Gasteiger charge is -2.13. The van der Waals surface area contributed by atoms with E-state index in [0.717, 1.165) is 17.0 Å². The van der Waals surface area contributed by atoms with Gasteiger partial charge in [-0.2, -0.15) is 0 Å². The average molecular weight is 235 g/mol. The molecule has 1 aromatic carbocycles. The van der Waals surface area contributed by atoms with Crippen LogP contribution in [-0.2, 0) is 6.54 Å². The second kappa shape index (κ2) is 5.05. The summed E-state index contributed by atoms with van der Waals surface area (Å²) >= 11 is 0. The SMILES string of the molecule is Cc1nonc1CN[C@H](C)c1ccc(F)cc1. The van der Waals surface area contributed by atoms with Crippen molar-refractivity contribution in [3.8, 4) is 0 Å². The molecule has 4 nitrogen and oxygen atoms in total. The summed E-state index contributed by atoms with van der Waals surface area (Å²) in [7, 11) is 0. The van der Waals surface area contributed by atoms with E-state index in [-0.39, 0.29) is 11.9 Å². The summed E-state index contributed by atoms with van der Waals surface area (Å²) < 4.78 is 17.4. The van der Waals surface area contributed by atoms with Crippen LogP contribution in [0.15, 0.2) is 28.9 Å². The number of hydrogen-bond acceptors (Lipinski definition) is 4. The molecule has 17 heavy (non-hydrogen) atoms. The van der Waals surface area contributed by atoms with Crippen molar-refractivity contribution < 1.29 is 9.02 Å². The summed E-state index contributed by atoms with van der Waals surface area (Å²) in [6.07, 6.45) is 0. The second-order valence-electron chi connectivity index (χ2n) is 3.95. The second-order valence-corrected chi connectivity index (χ2v) is 3.95. The van der Waals surface area contributed by atoms with Gasteiger partial charge in [-0.1, -0.05) is 22.4 Å². The van der Waals surface area contributed by atoms with Crippen LogP contribution in [0.1, 0.15) is 29.9 Å². The van der Waals surface area contributed by atoms with E-state index in [4.69, 9.17) is 0 Å². The molecule has 0 unspecified atom stereocenters. The zero-order valence-electron chi connectivity index (χ0n) is 9.77. The molecule has 0 aliphatic rings. The molecule has 0 bridgehead atoms. The summed E-state index contributed by atoms with van der Waals surface area (Å²) in [5.41, 5.74) is 2.60. The van der Waals surface area contributed by atoms with Gasteiger partial charge in [-0.05, 0) is 31.5 Å². The smallest absolute Gasteiger partial charge is 0.123 e. The van der Waals surface area contributed by atoms with Crippen molar-refractivity contribution in [2.45, 2.75) is 26.4 Å². The number of hydrogen-bond donors (Lipinski definition) is 1. The minimum atomic E-state index is -0.225. The van der Waals surface area contributed by atoms with Crippen LogP contribution >= 0.6 is 0 Å². The van der Waals surface area contributed by atoms with Gasteiger partial charge in [0.2, 0.25) is 0 Å². The summed E-state index contributed by atoms with van der Waals surface area (Å²) in [5.74, 6) is -0.225. The van der Waals surface area contributed by atoms with E-state index in [0.29, 0.717) is 6.54 Å². The molecule has 2 rings (SSSR count). The highest BCUT2D eigenvalue weighted by molar-refractivity contribution is 5.19. The predicted molar refractivity (Wildman–Crippen MR) is 60.7 cm³/mol. The molecule has 0 spiro atoms. The van der Waals surface area contributed by atoms with Gasteiger partial charge < -0.3 is 5.32 Å². The molecule has 1 heterocycles. The van der Waals surface area contributed by atoms with E-state index in [1.807, 2.05) is 13.8 Å². The summed E-state index contributed by atoms with van der Waals surface area (Å²) in [5, 5.41) is 10.8. The molecule has 0 aliphatic heterocycles. The Kier molecular flexibility index (Phi) is 3.49. The van der Waals surface area contributed by atoms with Crippen molar-refractivity contribution in [3.05, 3.63) is 47.0 Å². The first-order valence-electron chi connectivity index (χ1n) is 5.43. The first-order valence-corrected chi connectivity index (χ1v) is 5.43. The Morgan fingerprint density at radius 1 is 1.29 bits per heavy atom. The van der Waals surface area contributed by atoms with Crippen molar-refractivity contribution in [3.63, 3.8) is 0 Å². The molecule has 2 aromatic rings. The third kappa shape index (κ3) is 2.88. The molecule has 0 radical (unpaired) electrons. The molecule has 1 aromatic heterocycles. The number of aryl methyl sites for hydroxylation is 1. The van der Waals surface area contributed by atoms with E-state index in [1.165, 1.54) is 12.1 Å². The minimum absolute atomic E-state index is 0.117. The predicted octanol–water partition coefficient (Wildman–Crippen LogP) is 2.37. The number of nitrogens with one attached hydrogen (secondary N) is 1. The summed E-state index contributed by atoms with van der Waals surface area (Å²) in [6.45, 7) is 4.43. The topological polar surface area (TPSA) is 51.0 Å². The first kappa shape index (κ1) is 11.7. The molecular formula is C12H14FN3O. The molecule has 90 valence electrons. The van der Waals surface area contributed by atoms with Gasteiger partial charge in [-0.15, -0.1) is 0 Å². The summed E-state index contributed by atoms with van der Waals surface area (Å²) in [4.78, 5) is 0. The zero-order valence-corrected chi connectivity index (χ0v) is 9.77. The zero-order chi connectivity index (χ0) is 12.3. The number of aromatic nitrogens is 2. The van der Waals surface area contributed by atoms with Crippen LogP contribution in [0.3, 0.4) is 0 Å². The van der Waals surface area contributed by atoms with Gasteiger partial charge in [0.15, 0.2) is 0 Å². The normalized spacial score (nSPS) is 12.6. The molecule has 0 saturated heterocycles. The van der Waals surface area contributed by atoms with E-state index in [2.05, 4.69) is 20.3 Å². The van der Waals surface area contributed by atoms with Crippen molar-refractivity contribution in [2.75, 3.05) is 0 Å². The third-order valence-corrected chi connectivity index (χ3v) is 2.69. The van der Waals surface area contributed by atoms with Crippen molar-refractivity contribution in [2.24, 2.45) is 0 Å². The van der Waals surface area contributed by atoms with Crippen LogP contribution in [-0.4, -0.2) is 10.3 Å². The van der Waals surface area contributed by atoms with Crippen LogP contribution < -0.4 is 5.32 Å². The number of nitrogens with zero attached hydrogens (tertiary/aromatic N) is 2. The van der Waals surface area contributed by atoms with Gasteiger partial charge >= 0.3 is 0 Å². The lowest BCUT2D eigenvalue weighted by atomic mass is 10.1. The Labute approximate surface area is 98.8 Å². The lowest BCUT2D eigenvalue weighted by molar-refractivity contribution is 0.300. The quantitative estimate of drug-likeness (QED) is 0.883. The standard InChI is InChI=1S/C12H14FN3O/c1-8(10-3-5-11(13)6-4-10)14-7-12-9(2)15-17-16-12/h3-6,8,14H,7H2,1-2H3/t8-/m1/s1. The van der Waals surface area contributed by atoms with Crippen LogP contribution in [0, 0.1) is 12.7 Å². The third-order valence-electron chi connectivity index (χ3n) is 2.69. The summed E-state index contributed by atoms with van der Waals surface area (Å²) in [6, 6.07) is 6.56. The monoisotopic (exact) mass is 235 g/mol. The molecule has 0 fully saturated rings. The van der Waals surface area contributed by atoms with Gasteiger partial charge in [0, 0.05) is 12.6 Å². The van der Waals surface area contributed by atoms with E-state index in [1.54, 1.807) is 12.1 Å². The Morgan fingerprint density at radius 2 is 2.00 bits per heavy atom. The highest BCUT2D eigenvalue weighted by atomic mass is 19.1. The number of halogens is 1. The molecule has 0 aliphatic carbocycles. The molecule has 0 amide bonds. The van der Waals surface area contributed by atoms with Crippen molar-refractivity contribution in [1.82, 2.24) is 15.6 Å². The van der Waals surface area contributed by atoms with Gasteiger partial charge in [0.05, 0.1) is 0 Å². The van der Waals surface area contributed by atoms with Crippen LogP contribution in [0.25, 0.3) is 0 Å². The first-order chi connectivity index (χ1) is 8.16. The minimum Gasteiger partial charge on any atom is -0.304 e. The Morgan fingerprint density at radius 3 is 2.59 bits per heavy atom. The largest absolute Gasteiger partial charge is 0.304 e. The maximum absolute atomic E-state index is 12.8. The fourth-order valence-corrected chi connectivity index (χ4v) is 1.53. The van der Waals surface area contributed by atoms with E-state index >= 15 is 0 Å². The Hall–Kier alpha value is -1.75. The van der Waals surface area contributed by atoms with Crippen LogP contribution in [0.5, 0.6) is 0 Å². The van der Waals surface area contributed by atoms with E-state index in [9.17, 15) is 4.39 Å². The maximum Gasteiger partial charge on any atom is 0.123 e. The van der Waals surface area contributed by atoms with Gasteiger partial charge in [-0.25, -0.2) is 9.02 Å². The molecule has 1 atom stereocenters. The molecule has 0 saturated carbocycles. The van der Waals surface area contributed by atoms with Gasteiger partial charge in [0.1, 0.15) is 17.2 Å². The highest BCUT2D eigenvalue weighted by Crippen LogP contribution is 2.13. The van der Waals surface area contributed by atoms with Crippen LogP contribution in [0.4, 0.5) is 4.39 Å². The fraction of sp³-hybridized carbons (Fsp3) is 0.333. The fourth-order valence-electron chi connectivity index (χ4n) is 1.53. The Bertz CT molecular complexity index is 481. The van der Waals surface area contributed by atoms with Crippen LogP contribution in [0.2, 0.25) is 0 Å². The number of rotatable bonds is 4. The number of benzene rings is 1. The maximum atomic E-state index is 12.8. The molecular weight excluding hydrogens is 221 g/mol. The van der Waals surface area contributed by atoms with Crippen molar-refractivity contribution >= 4 is 0 Å². The molecule has 1 N–H and O–H groups in total. The van der Waals surface area contributed by atoms with Crippen molar-refractivity contribution in [1.29, 1.82) is 0 Å². The molecule has 5 heteroatoms. The highest BCUT2D eigenvalue weighted by Gasteiger charge is 2.08. The van der Waals surface area contributed by atoms with E-state index < -0.39 is 0 Å². The lowest BCUT2D eigenvalue weighted by Crippen LogP contribution is -2.18. The average Bonchev–Trinajstić information content (AvgIpc) is 2.73. The van der Waals surface area contributed by atoms with Gasteiger partial charge in [-0.3, -0.25) is 0 Å².